The molecule has 2 aromatic rings. The Morgan fingerprint density at radius 1 is 1.50 bits per heavy atom. The Balaban J connectivity index is 1.91. The van der Waals surface area contributed by atoms with Crippen molar-refractivity contribution >= 4 is 22.6 Å². The number of pyridine rings is 1. The van der Waals surface area contributed by atoms with Gasteiger partial charge in [0.1, 0.15) is 12.4 Å². The van der Waals surface area contributed by atoms with Crippen molar-refractivity contribution in [2.45, 2.75) is 18.9 Å². The molecule has 0 radical (unpaired) electrons. The summed E-state index contributed by atoms with van der Waals surface area (Å²) in [7, 11) is 1.43. The van der Waals surface area contributed by atoms with Gasteiger partial charge in [-0.15, -0.1) is 0 Å². The number of hydroxylamine groups is 1. The number of fused-ring (bicyclic) bond motifs is 1. The fraction of sp³-hybridized carbons (Fsp3) is 0.312. The van der Waals surface area contributed by atoms with Gasteiger partial charge in [0.05, 0.1) is 18.7 Å². The molecular weight excluding hydrogens is 314 g/mol. The Morgan fingerprint density at radius 2 is 2.33 bits per heavy atom. The van der Waals surface area contributed by atoms with E-state index in [0.717, 1.165) is 11.8 Å². The molecule has 0 aliphatic carbocycles. The number of rotatable bonds is 5. The highest BCUT2D eigenvalue weighted by molar-refractivity contribution is 6.02. The van der Waals surface area contributed by atoms with E-state index in [-0.39, 0.29) is 17.5 Å². The van der Waals surface area contributed by atoms with Crippen molar-refractivity contribution in [1.29, 1.82) is 0 Å². The SMILES string of the molecule is COc1cc2c(OCC3CCC(=O)N3)nccc2cc1C(=O)NO. The minimum Gasteiger partial charge on any atom is -0.496 e. The summed E-state index contributed by atoms with van der Waals surface area (Å²) < 4.78 is 11.0. The first kappa shape index (κ1) is 16.0. The van der Waals surface area contributed by atoms with Crippen LogP contribution in [0, 0.1) is 0 Å². The molecule has 2 amide bonds. The number of aromatic nitrogens is 1. The molecule has 2 heterocycles. The van der Waals surface area contributed by atoms with Crippen molar-refractivity contribution in [2.24, 2.45) is 0 Å². The van der Waals surface area contributed by atoms with E-state index in [1.165, 1.54) is 7.11 Å². The molecule has 1 fully saturated rings. The van der Waals surface area contributed by atoms with Crippen LogP contribution < -0.4 is 20.3 Å². The van der Waals surface area contributed by atoms with Gasteiger partial charge >= 0.3 is 0 Å². The van der Waals surface area contributed by atoms with Crippen LogP contribution in [0.4, 0.5) is 0 Å². The maximum atomic E-state index is 11.7. The minimum atomic E-state index is -0.665. The van der Waals surface area contributed by atoms with Crippen LogP contribution in [0.1, 0.15) is 23.2 Å². The molecule has 3 N–H and O–H groups in total. The Kier molecular flexibility index (Phi) is 4.48. The summed E-state index contributed by atoms with van der Waals surface area (Å²) in [6.07, 6.45) is 2.80. The quantitative estimate of drug-likeness (QED) is 0.557. The van der Waals surface area contributed by atoms with E-state index in [4.69, 9.17) is 14.7 Å². The zero-order chi connectivity index (χ0) is 17.1. The first-order chi connectivity index (χ1) is 11.6. The van der Waals surface area contributed by atoms with Crippen LogP contribution >= 0.6 is 0 Å². The first-order valence-electron chi connectivity index (χ1n) is 7.45. The summed E-state index contributed by atoms with van der Waals surface area (Å²) in [6, 6.07) is 4.92. The number of benzene rings is 1. The van der Waals surface area contributed by atoms with E-state index in [1.54, 1.807) is 29.9 Å². The molecule has 1 aliphatic rings. The van der Waals surface area contributed by atoms with E-state index in [1.807, 2.05) is 0 Å². The van der Waals surface area contributed by atoms with Gasteiger partial charge in [-0.2, -0.15) is 0 Å². The number of nitrogens with one attached hydrogen (secondary N) is 2. The van der Waals surface area contributed by atoms with Crippen molar-refractivity contribution in [3.63, 3.8) is 0 Å². The van der Waals surface area contributed by atoms with Crippen molar-refractivity contribution in [2.75, 3.05) is 13.7 Å². The lowest BCUT2D eigenvalue weighted by atomic mass is 10.1. The highest BCUT2D eigenvalue weighted by Crippen LogP contribution is 2.31. The number of methoxy groups -OCH3 is 1. The molecule has 1 aromatic carbocycles. The second kappa shape index (κ2) is 6.71. The van der Waals surface area contributed by atoms with Crippen molar-refractivity contribution in [3.8, 4) is 11.6 Å². The first-order valence-corrected chi connectivity index (χ1v) is 7.45. The van der Waals surface area contributed by atoms with Gasteiger partial charge in [0.25, 0.3) is 5.91 Å². The number of nitrogens with zero attached hydrogens (tertiary/aromatic N) is 1. The third-order valence-electron chi connectivity index (χ3n) is 3.90. The zero-order valence-corrected chi connectivity index (χ0v) is 13.0. The maximum absolute atomic E-state index is 11.7. The van der Waals surface area contributed by atoms with Crippen LogP contribution in [0.5, 0.6) is 11.6 Å². The second-order valence-corrected chi connectivity index (χ2v) is 5.44. The van der Waals surface area contributed by atoms with Gasteiger partial charge in [-0.25, -0.2) is 10.5 Å². The number of hydrogen-bond donors (Lipinski definition) is 3. The zero-order valence-electron chi connectivity index (χ0n) is 13.0. The Morgan fingerprint density at radius 3 is 3.00 bits per heavy atom. The summed E-state index contributed by atoms with van der Waals surface area (Å²) in [6.45, 7) is 0.318. The molecule has 24 heavy (non-hydrogen) atoms. The predicted molar refractivity (Wildman–Crippen MR) is 84.2 cm³/mol. The Hall–Kier alpha value is -2.87. The summed E-state index contributed by atoms with van der Waals surface area (Å²) in [5.41, 5.74) is 1.80. The Labute approximate surface area is 137 Å². The molecule has 1 aliphatic heterocycles. The van der Waals surface area contributed by atoms with Crippen LogP contribution in [0.25, 0.3) is 10.8 Å². The van der Waals surface area contributed by atoms with Crippen molar-refractivity contribution in [1.82, 2.24) is 15.8 Å². The van der Waals surface area contributed by atoms with Gasteiger partial charge in [0.15, 0.2) is 0 Å². The molecule has 3 rings (SSSR count). The van der Waals surface area contributed by atoms with Gasteiger partial charge in [0.2, 0.25) is 11.8 Å². The minimum absolute atomic E-state index is 0.0239. The highest BCUT2D eigenvalue weighted by Gasteiger charge is 2.22. The van der Waals surface area contributed by atoms with Gasteiger partial charge in [-0.05, 0) is 30.0 Å². The monoisotopic (exact) mass is 331 g/mol. The van der Waals surface area contributed by atoms with Crippen LogP contribution in [0.3, 0.4) is 0 Å². The Bertz CT molecular complexity index is 793. The molecule has 1 unspecified atom stereocenters. The summed E-state index contributed by atoms with van der Waals surface area (Å²) in [5, 5.41) is 13.1. The molecule has 1 aromatic heterocycles. The van der Waals surface area contributed by atoms with Crippen LogP contribution in [0.2, 0.25) is 0 Å². The normalized spacial score (nSPS) is 16.8. The van der Waals surface area contributed by atoms with Crippen LogP contribution in [0.15, 0.2) is 24.4 Å². The molecule has 0 bridgehead atoms. The van der Waals surface area contributed by atoms with E-state index < -0.39 is 5.91 Å². The highest BCUT2D eigenvalue weighted by atomic mass is 16.5. The number of amides is 2. The van der Waals surface area contributed by atoms with Gasteiger partial charge in [-0.3, -0.25) is 14.8 Å². The lowest BCUT2D eigenvalue weighted by molar-refractivity contribution is -0.119. The molecule has 0 spiro atoms. The van der Waals surface area contributed by atoms with E-state index in [0.29, 0.717) is 30.0 Å². The molecule has 8 nitrogen and oxygen atoms in total. The second-order valence-electron chi connectivity index (χ2n) is 5.44. The number of carbonyl (C=O) groups excluding carboxylic acids is 2. The molecule has 1 saturated heterocycles. The third-order valence-corrected chi connectivity index (χ3v) is 3.90. The topological polar surface area (TPSA) is 110 Å². The average molecular weight is 331 g/mol. The fourth-order valence-electron chi connectivity index (χ4n) is 2.68. The molecule has 126 valence electrons. The lowest BCUT2D eigenvalue weighted by Crippen LogP contribution is -2.31. The van der Waals surface area contributed by atoms with E-state index in [9.17, 15) is 9.59 Å². The van der Waals surface area contributed by atoms with Gasteiger partial charge < -0.3 is 14.8 Å². The standard InChI is InChI=1S/C16H17N3O5/c1-23-13-7-11-9(6-12(13)15(21)19-22)4-5-17-16(11)24-8-10-2-3-14(20)18-10/h4-7,10,22H,2-3,8H2,1H3,(H,18,20)(H,19,21). The average Bonchev–Trinajstić information content (AvgIpc) is 3.03. The number of ether oxygens (including phenoxy) is 2. The molecule has 0 saturated carbocycles. The molecule has 1 atom stereocenters. The number of carbonyl (C=O) groups is 2. The predicted octanol–water partition coefficient (Wildman–Crippen LogP) is 1.02. The van der Waals surface area contributed by atoms with Crippen LogP contribution in [-0.4, -0.2) is 41.8 Å². The van der Waals surface area contributed by atoms with Crippen molar-refractivity contribution in [3.05, 3.63) is 30.0 Å². The van der Waals surface area contributed by atoms with Gasteiger partial charge in [-0.1, -0.05) is 0 Å². The molecule has 8 heteroatoms. The van der Waals surface area contributed by atoms with Gasteiger partial charge in [0, 0.05) is 18.0 Å². The maximum Gasteiger partial charge on any atom is 0.278 e. The summed E-state index contributed by atoms with van der Waals surface area (Å²) in [4.78, 5) is 27.2. The van der Waals surface area contributed by atoms with E-state index >= 15 is 0 Å². The lowest BCUT2D eigenvalue weighted by Gasteiger charge is -2.14. The fourth-order valence-corrected chi connectivity index (χ4v) is 2.68. The largest absolute Gasteiger partial charge is 0.496 e. The van der Waals surface area contributed by atoms with Crippen molar-refractivity contribution < 1.29 is 24.3 Å². The third kappa shape index (κ3) is 3.09. The van der Waals surface area contributed by atoms with Crippen LogP contribution in [-0.2, 0) is 4.79 Å². The summed E-state index contributed by atoms with van der Waals surface area (Å²) in [5.74, 6) is 0.0430. The number of hydrogen-bond acceptors (Lipinski definition) is 6. The summed E-state index contributed by atoms with van der Waals surface area (Å²) >= 11 is 0. The van der Waals surface area contributed by atoms with E-state index in [2.05, 4.69) is 10.3 Å². The molecular formula is C16H17N3O5. The smallest absolute Gasteiger partial charge is 0.278 e.